The fourth-order valence-electron chi connectivity index (χ4n) is 4.85. The fourth-order valence-corrected chi connectivity index (χ4v) is 5.54. The third kappa shape index (κ3) is 7.49. The summed E-state index contributed by atoms with van der Waals surface area (Å²) in [7, 11) is 0. The summed E-state index contributed by atoms with van der Waals surface area (Å²) in [5.41, 5.74) is 4.91. The smallest absolute Gasteiger partial charge is 0.239 e. The average Bonchev–Trinajstić information content (AvgIpc) is 3.40. The number of nitrogens with one attached hydrogen (secondary N) is 1. The summed E-state index contributed by atoms with van der Waals surface area (Å²) in [6, 6.07) is 29.5. The summed E-state index contributed by atoms with van der Waals surface area (Å²) in [6.07, 6.45) is 2.62. The largest absolute Gasteiger partial charge is 0.352 e. The lowest BCUT2D eigenvalue weighted by Gasteiger charge is -2.33. The van der Waals surface area contributed by atoms with Crippen LogP contribution in [0.1, 0.15) is 40.9 Å². The van der Waals surface area contributed by atoms with Crippen molar-refractivity contribution in [2.45, 2.75) is 45.3 Å². The normalized spacial score (nSPS) is 14.3. The highest BCUT2D eigenvalue weighted by atomic mass is 32.1. The van der Waals surface area contributed by atoms with E-state index < -0.39 is 0 Å². The summed E-state index contributed by atoms with van der Waals surface area (Å²) in [4.78, 5) is 22.5. The molecule has 6 nitrogen and oxygen atoms in total. The van der Waals surface area contributed by atoms with Gasteiger partial charge in [0, 0.05) is 50.2 Å². The number of likely N-dealkylation sites (tertiary alicyclic amines) is 1. The average molecular weight is 526 g/mol. The first-order valence-electron chi connectivity index (χ1n) is 13.3. The third-order valence-corrected chi connectivity index (χ3v) is 7.78. The Balaban J connectivity index is 1.19. The Morgan fingerprint density at radius 3 is 2.26 bits per heavy atom. The van der Waals surface area contributed by atoms with E-state index in [9.17, 15) is 4.79 Å². The number of amides is 1. The molecule has 1 aliphatic heterocycles. The highest BCUT2D eigenvalue weighted by Gasteiger charge is 2.23. The Kier molecular flexibility index (Phi) is 8.78. The van der Waals surface area contributed by atoms with Gasteiger partial charge in [-0.1, -0.05) is 90.5 Å². The molecule has 0 atom stereocenters. The van der Waals surface area contributed by atoms with Crippen LogP contribution in [0.5, 0.6) is 0 Å². The number of aryl methyl sites for hydroxylation is 1. The lowest BCUT2D eigenvalue weighted by atomic mass is 10.0. The Hall–Kier alpha value is -3.55. The molecule has 196 valence electrons. The van der Waals surface area contributed by atoms with Gasteiger partial charge < -0.3 is 10.2 Å². The number of aromatic nitrogens is 2. The minimum atomic E-state index is 0.0396. The first-order valence-corrected chi connectivity index (χ1v) is 14.1. The van der Waals surface area contributed by atoms with Crippen molar-refractivity contribution >= 4 is 22.6 Å². The molecule has 1 saturated heterocycles. The van der Waals surface area contributed by atoms with Crippen LogP contribution in [0.25, 0.3) is 0 Å². The lowest BCUT2D eigenvalue weighted by molar-refractivity contribution is -0.120. The molecule has 0 saturated carbocycles. The van der Waals surface area contributed by atoms with E-state index in [4.69, 9.17) is 4.98 Å². The van der Waals surface area contributed by atoms with Gasteiger partial charge in [-0.25, -0.2) is 4.98 Å². The molecular formula is C31H35N5OS. The van der Waals surface area contributed by atoms with E-state index >= 15 is 0 Å². The highest BCUT2D eigenvalue weighted by molar-refractivity contribution is 7.09. The van der Waals surface area contributed by atoms with Crippen LogP contribution in [0.15, 0.2) is 84.9 Å². The van der Waals surface area contributed by atoms with Gasteiger partial charge in [0.2, 0.25) is 11.0 Å². The van der Waals surface area contributed by atoms with Crippen LogP contribution in [0.2, 0.25) is 0 Å². The molecule has 0 aliphatic carbocycles. The molecular weight excluding hydrogens is 490 g/mol. The Morgan fingerprint density at radius 2 is 1.58 bits per heavy atom. The molecule has 0 bridgehead atoms. The van der Waals surface area contributed by atoms with Crippen LogP contribution in [0.3, 0.4) is 0 Å². The number of carbonyl (C=O) groups excluding carboxylic acids is 1. The Morgan fingerprint density at radius 1 is 0.921 bits per heavy atom. The molecule has 0 spiro atoms. The van der Waals surface area contributed by atoms with Crippen molar-refractivity contribution in [3.05, 3.63) is 113 Å². The van der Waals surface area contributed by atoms with Gasteiger partial charge in [-0.15, -0.1) is 0 Å². The molecule has 1 aliphatic rings. The molecule has 4 aromatic rings. The molecule has 38 heavy (non-hydrogen) atoms. The molecule has 5 rings (SSSR count). The Labute approximate surface area is 229 Å². The zero-order valence-corrected chi connectivity index (χ0v) is 22.7. The molecule has 0 radical (unpaired) electrons. The van der Waals surface area contributed by atoms with Gasteiger partial charge >= 0.3 is 0 Å². The minimum absolute atomic E-state index is 0.0396. The predicted molar refractivity (Wildman–Crippen MR) is 154 cm³/mol. The highest BCUT2D eigenvalue weighted by Crippen LogP contribution is 2.22. The van der Waals surface area contributed by atoms with Gasteiger partial charge in [-0.3, -0.25) is 9.69 Å². The maximum absolute atomic E-state index is 13.2. The van der Waals surface area contributed by atoms with Crippen LogP contribution in [0.4, 0.5) is 5.13 Å². The fraction of sp³-hybridized carbons (Fsp3) is 0.323. The van der Waals surface area contributed by atoms with Gasteiger partial charge in [0.1, 0.15) is 5.82 Å². The monoisotopic (exact) mass is 525 g/mol. The van der Waals surface area contributed by atoms with Gasteiger partial charge in [0.25, 0.3) is 0 Å². The maximum Gasteiger partial charge on any atom is 0.239 e. The summed E-state index contributed by atoms with van der Waals surface area (Å²) in [6.45, 7) is 5.91. The molecule has 2 heterocycles. The summed E-state index contributed by atoms with van der Waals surface area (Å²) in [5, 5.41) is 4.07. The van der Waals surface area contributed by atoms with Crippen molar-refractivity contribution in [1.82, 2.24) is 19.6 Å². The SMILES string of the molecule is Cc1ccc(Cc2nsc(N(CC(=O)NC3CCN(Cc4ccccc4)CC3)Cc3ccccc3)n2)cc1. The number of nitrogens with zero attached hydrogens (tertiary/aromatic N) is 4. The zero-order valence-electron chi connectivity index (χ0n) is 21.9. The number of benzene rings is 3. The number of carbonyl (C=O) groups is 1. The predicted octanol–water partition coefficient (Wildman–Crippen LogP) is 5.22. The third-order valence-electron chi connectivity index (χ3n) is 6.96. The molecule has 1 fully saturated rings. The second-order valence-corrected chi connectivity index (χ2v) is 10.8. The quantitative estimate of drug-likeness (QED) is 0.307. The summed E-state index contributed by atoms with van der Waals surface area (Å²) >= 11 is 1.37. The van der Waals surface area contributed by atoms with E-state index in [0.29, 0.717) is 13.0 Å². The number of piperidine rings is 1. The van der Waals surface area contributed by atoms with Gasteiger partial charge in [-0.05, 0) is 36.5 Å². The van der Waals surface area contributed by atoms with Crippen LogP contribution in [0, 0.1) is 6.92 Å². The van der Waals surface area contributed by atoms with Crippen LogP contribution in [-0.4, -0.2) is 45.8 Å². The summed E-state index contributed by atoms with van der Waals surface area (Å²) in [5.74, 6) is 0.829. The van der Waals surface area contributed by atoms with E-state index in [1.807, 2.05) is 23.1 Å². The van der Waals surface area contributed by atoms with Gasteiger partial charge in [0.05, 0.1) is 6.54 Å². The lowest BCUT2D eigenvalue weighted by Crippen LogP contribution is -2.47. The number of hydrogen-bond donors (Lipinski definition) is 1. The van der Waals surface area contributed by atoms with Crippen molar-refractivity contribution < 1.29 is 4.79 Å². The van der Waals surface area contributed by atoms with Crippen LogP contribution >= 0.6 is 11.5 Å². The number of anilines is 1. The first-order chi connectivity index (χ1) is 18.6. The van der Waals surface area contributed by atoms with Crippen molar-refractivity contribution in [3.63, 3.8) is 0 Å². The number of hydrogen-bond acceptors (Lipinski definition) is 6. The van der Waals surface area contributed by atoms with Crippen LogP contribution in [-0.2, 0) is 24.3 Å². The van der Waals surface area contributed by atoms with Gasteiger partial charge in [-0.2, -0.15) is 4.37 Å². The second-order valence-electron chi connectivity index (χ2n) is 10.1. The van der Waals surface area contributed by atoms with E-state index in [1.54, 1.807) is 0 Å². The van der Waals surface area contributed by atoms with E-state index in [2.05, 4.69) is 88.2 Å². The zero-order chi connectivity index (χ0) is 26.2. The standard InChI is InChI=1S/C31H35N5OS/c1-24-12-14-25(15-13-24)20-29-33-31(38-34-29)36(22-27-10-6-3-7-11-27)23-30(37)32-28-16-18-35(19-17-28)21-26-8-4-2-5-9-26/h2-15,28H,16-23H2,1H3,(H,32,37). The second kappa shape index (κ2) is 12.8. The van der Waals surface area contributed by atoms with E-state index in [0.717, 1.165) is 49.0 Å². The molecule has 1 aromatic heterocycles. The van der Waals surface area contributed by atoms with Gasteiger partial charge in [0.15, 0.2) is 0 Å². The van der Waals surface area contributed by atoms with Crippen molar-refractivity contribution in [2.75, 3.05) is 24.5 Å². The van der Waals surface area contributed by atoms with Crippen LogP contribution < -0.4 is 10.2 Å². The topological polar surface area (TPSA) is 61.4 Å². The first kappa shape index (κ1) is 26.1. The van der Waals surface area contributed by atoms with E-state index in [1.165, 1.54) is 28.2 Å². The molecule has 3 aromatic carbocycles. The number of rotatable bonds is 10. The van der Waals surface area contributed by atoms with Crippen molar-refractivity contribution in [3.8, 4) is 0 Å². The van der Waals surface area contributed by atoms with E-state index in [-0.39, 0.29) is 18.5 Å². The van der Waals surface area contributed by atoms with Crippen molar-refractivity contribution in [2.24, 2.45) is 0 Å². The maximum atomic E-state index is 13.2. The minimum Gasteiger partial charge on any atom is -0.352 e. The molecule has 1 amide bonds. The summed E-state index contributed by atoms with van der Waals surface area (Å²) < 4.78 is 4.61. The van der Waals surface area contributed by atoms with Crippen molar-refractivity contribution in [1.29, 1.82) is 0 Å². The molecule has 0 unspecified atom stereocenters. The molecule has 7 heteroatoms. The molecule has 1 N–H and O–H groups in total. The Bertz CT molecular complexity index is 1280.